The third-order valence-corrected chi connectivity index (χ3v) is 4.66. The Balaban J connectivity index is 2.06. The van der Waals surface area contributed by atoms with Crippen molar-refractivity contribution >= 4 is 31.5 Å². The van der Waals surface area contributed by atoms with Crippen LogP contribution in [-0.2, 0) is 0 Å². The molecular weight excluding hydrogens is 264 g/mol. The predicted molar refractivity (Wildman–Crippen MR) is 85.1 cm³/mol. The fraction of sp³-hybridized carbons (Fsp3) is 0.0588. The minimum Gasteiger partial charge on any atom is -0.237 e. The molecule has 4 rings (SSSR count). The van der Waals surface area contributed by atoms with Crippen molar-refractivity contribution in [3.63, 3.8) is 0 Å². The molecule has 2 heterocycles. The molecule has 0 atom stereocenters. The number of aryl methyl sites for hydroxylation is 1. The second-order valence-corrected chi connectivity index (χ2v) is 5.92. The van der Waals surface area contributed by atoms with E-state index in [1.807, 2.05) is 17.4 Å². The fourth-order valence-corrected chi connectivity index (χ4v) is 3.75. The Labute approximate surface area is 120 Å². The van der Waals surface area contributed by atoms with Crippen molar-refractivity contribution in [3.8, 4) is 11.4 Å². The minimum absolute atomic E-state index is 0.780. The summed E-state index contributed by atoms with van der Waals surface area (Å²) in [6, 6.07) is 14.8. The lowest BCUT2D eigenvalue weighted by molar-refractivity contribution is 1.18. The SMILES string of the molecule is Cc1cccc2sc3ccc(-c4ncccn4)cc3c12. The summed E-state index contributed by atoms with van der Waals surface area (Å²) in [6.07, 6.45) is 3.56. The smallest absolute Gasteiger partial charge is 0.159 e. The second-order valence-electron chi connectivity index (χ2n) is 4.83. The molecule has 20 heavy (non-hydrogen) atoms. The van der Waals surface area contributed by atoms with Crippen molar-refractivity contribution in [1.82, 2.24) is 9.97 Å². The first kappa shape index (κ1) is 11.6. The molecule has 0 radical (unpaired) electrons. The third-order valence-electron chi connectivity index (χ3n) is 3.53. The fourth-order valence-electron chi connectivity index (χ4n) is 2.59. The van der Waals surface area contributed by atoms with Crippen LogP contribution in [-0.4, -0.2) is 9.97 Å². The Morgan fingerprint density at radius 3 is 2.60 bits per heavy atom. The van der Waals surface area contributed by atoms with E-state index in [4.69, 9.17) is 0 Å². The number of benzene rings is 2. The molecule has 0 fully saturated rings. The standard InChI is InChI=1S/C17H12N2S/c1-11-4-2-5-15-16(11)13-10-12(6-7-14(13)20-15)17-18-8-3-9-19-17/h2-10H,1H3. The Morgan fingerprint density at radius 1 is 0.900 bits per heavy atom. The zero-order chi connectivity index (χ0) is 13.5. The molecule has 0 saturated carbocycles. The Morgan fingerprint density at radius 2 is 1.75 bits per heavy atom. The van der Waals surface area contributed by atoms with Crippen molar-refractivity contribution < 1.29 is 0 Å². The molecule has 4 aromatic rings. The summed E-state index contributed by atoms with van der Waals surface area (Å²) in [5.74, 6) is 0.780. The van der Waals surface area contributed by atoms with E-state index in [0.717, 1.165) is 11.4 Å². The van der Waals surface area contributed by atoms with Crippen molar-refractivity contribution in [2.45, 2.75) is 6.92 Å². The van der Waals surface area contributed by atoms with Crippen molar-refractivity contribution in [2.24, 2.45) is 0 Å². The first-order valence-corrected chi connectivity index (χ1v) is 7.34. The largest absolute Gasteiger partial charge is 0.237 e. The Bertz CT molecular complexity index is 910. The quantitative estimate of drug-likeness (QED) is 0.498. The van der Waals surface area contributed by atoms with Gasteiger partial charge in [0.2, 0.25) is 0 Å². The molecule has 3 heteroatoms. The first-order valence-electron chi connectivity index (χ1n) is 6.52. The van der Waals surface area contributed by atoms with E-state index >= 15 is 0 Å². The summed E-state index contributed by atoms with van der Waals surface area (Å²) in [6.45, 7) is 2.17. The number of nitrogens with zero attached hydrogens (tertiary/aromatic N) is 2. The monoisotopic (exact) mass is 276 g/mol. The van der Waals surface area contributed by atoms with Crippen LogP contribution in [0.5, 0.6) is 0 Å². The molecule has 2 aromatic heterocycles. The molecule has 0 saturated heterocycles. The highest BCUT2D eigenvalue weighted by Crippen LogP contribution is 2.37. The Kier molecular flexibility index (Phi) is 2.54. The first-order chi connectivity index (χ1) is 9.83. The van der Waals surface area contributed by atoms with E-state index < -0.39 is 0 Å². The minimum atomic E-state index is 0.780. The van der Waals surface area contributed by atoms with Gasteiger partial charge < -0.3 is 0 Å². The van der Waals surface area contributed by atoms with Crippen LogP contribution in [0.2, 0.25) is 0 Å². The summed E-state index contributed by atoms with van der Waals surface area (Å²) in [5, 5.41) is 2.65. The lowest BCUT2D eigenvalue weighted by Crippen LogP contribution is -1.86. The summed E-state index contributed by atoms with van der Waals surface area (Å²) in [5.41, 5.74) is 2.39. The molecule has 0 N–H and O–H groups in total. The van der Waals surface area contributed by atoms with Gasteiger partial charge in [0.25, 0.3) is 0 Å². The van der Waals surface area contributed by atoms with Crippen LogP contribution in [0, 0.1) is 6.92 Å². The molecule has 96 valence electrons. The van der Waals surface area contributed by atoms with Crippen LogP contribution in [0.3, 0.4) is 0 Å². The van der Waals surface area contributed by atoms with Gasteiger partial charge in [-0.15, -0.1) is 11.3 Å². The van der Waals surface area contributed by atoms with Gasteiger partial charge in [-0.05, 0) is 42.8 Å². The van der Waals surface area contributed by atoms with Crippen LogP contribution in [0.1, 0.15) is 5.56 Å². The zero-order valence-corrected chi connectivity index (χ0v) is 11.8. The number of rotatable bonds is 1. The average molecular weight is 276 g/mol. The van der Waals surface area contributed by atoms with E-state index in [-0.39, 0.29) is 0 Å². The molecule has 0 amide bonds. The van der Waals surface area contributed by atoms with Gasteiger partial charge in [0, 0.05) is 38.1 Å². The van der Waals surface area contributed by atoms with Gasteiger partial charge in [0.15, 0.2) is 5.82 Å². The Hall–Kier alpha value is -2.26. The van der Waals surface area contributed by atoms with Crippen molar-refractivity contribution in [2.75, 3.05) is 0 Å². The molecule has 0 aliphatic rings. The molecule has 0 aliphatic carbocycles. The van der Waals surface area contributed by atoms with Gasteiger partial charge in [-0.2, -0.15) is 0 Å². The van der Waals surface area contributed by atoms with Crippen molar-refractivity contribution in [1.29, 1.82) is 0 Å². The normalized spacial score (nSPS) is 11.2. The van der Waals surface area contributed by atoms with Gasteiger partial charge >= 0.3 is 0 Å². The maximum atomic E-state index is 4.33. The average Bonchev–Trinajstić information content (AvgIpc) is 2.87. The second kappa shape index (κ2) is 4.39. The molecular formula is C17H12N2S. The summed E-state index contributed by atoms with van der Waals surface area (Å²) < 4.78 is 2.65. The zero-order valence-electron chi connectivity index (χ0n) is 11.0. The van der Waals surface area contributed by atoms with Crippen molar-refractivity contribution in [3.05, 3.63) is 60.4 Å². The van der Waals surface area contributed by atoms with Crippen LogP contribution in [0.25, 0.3) is 31.6 Å². The van der Waals surface area contributed by atoms with Crippen LogP contribution < -0.4 is 0 Å². The summed E-state index contributed by atoms with van der Waals surface area (Å²) in [7, 11) is 0. The van der Waals surface area contributed by atoms with Crippen LogP contribution in [0.4, 0.5) is 0 Å². The third kappa shape index (κ3) is 1.71. The van der Waals surface area contributed by atoms with Crippen LogP contribution in [0.15, 0.2) is 54.9 Å². The summed E-state index contributed by atoms with van der Waals surface area (Å²) in [4.78, 5) is 8.67. The topological polar surface area (TPSA) is 25.8 Å². The predicted octanol–water partition coefficient (Wildman–Crippen LogP) is 4.82. The van der Waals surface area contributed by atoms with E-state index in [1.54, 1.807) is 12.4 Å². The van der Waals surface area contributed by atoms with E-state index in [2.05, 4.69) is 53.3 Å². The number of thiophene rings is 1. The van der Waals surface area contributed by atoms with Gasteiger partial charge in [-0.3, -0.25) is 0 Å². The van der Waals surface area contributed by atoms with E-state index in [1.165, 1.54) is 25.7 Å². The van der Waals surface area contributed by atoms with Crippen LogP contribution >= 0.6 is 11.3 Å². The highest BCUT2D eigenvalue weighted by atomic mass is 32.1. The highest BCUT2D eigenvalue weighted by molar-refractivity contribution is 7.25. The molecule has 0 aliphatic heterocycles. The lowest BCUT2D eigenvalue weighted by atomic mass is 10.1. The van der Waals surface area contributed by atoms with Gasteiger partial charge in [-0.25, -0.2) is 9.97 Å². The summed E-state index contributed by atoms with van der Waals surface area (Å²) >= 11 is 1.84. The highest BCUT2D eigenvalue weighted by Gasteiger charge is 2.09. The molecule has 0 bridgehead atoms. The van der Waals surface area contributed by atoms with Gasteiger partial charge in [0.1, 0.15) is 0 Å². The molecule has 0 spiro atoms. The van der Waals surface area contributed by atoms with Gasteiger partial charge in [0.05, 0.1) is 0 Å². The lowest BCUT2D eigenvalue weighted by Gasteiger charge is -2.01. The number of aromatic nitrogens is 2. The molecule has 0 unspecified atom stereocenters. The number of hydrogen-bond acceptors (Lipinski definition) is 3. The van der Waals surface area contributed by atoms with E-state index in [0.29, 0.717) is 0 Å². The number of hydrogen-bond donors (Lipinski definition) is 0. The van der Waals surface area contributed by atoms with E-state index in [9.17, 15) is 0 Å². The molecule has 2 aromatic carbocycles. The molecule has 2 nitrogen and oxygen atoms in total. The number of fused-ring (bicyclic) bond motifs is 3. The maximum absolute atomic E-state index is 4.33. The maximum Gasteiger partial charge on any atom is 0.159 e. The van der Waals surface area contributed by atoms with Gasteiger partial charge in [-0.1, -0.05) is 12.1 Å².